The van der Waals surface area contributed by atoms with Gasteiger partial charge in [0.15, 0.2) is 0 Å². The van der Waals surface area contributed by atoms with Crippen LogP contribution in [0.3, 0.4) is 0 Å². The summed E-state index contributed by atoms with van der Waals surface area (Å²) in [5.74, 6) is 0. The molecule has 0 aliphatic rings. The molecule has 6 heteroatoms. The molecule has 2 rings (SSSR count). The average molecular weight is 436 g/mol. The van der Waals surface area contributed by atoms with Crippen LogP contribution >= 0.6 is 43.5 Å². The molecule has 1 unspecified atom stereocenters. The highest BCUT2D eigenvalue weighted by Crippen LogP contribution is 2.28. The summed E-state index contributed by atoms with van der Waals surface area (Å²) in [5, 5.41) is 5.29. The largest absolute Gasteiger partial charge is 0.324 e. The molecule has 1 aromatic heterocycles. The van der Waals surface area contributed by atoms with E-state index >= 15 is 0 Å². The lowest BCUT2D eigenvalue weighted by atomic mass is 10.0. The van der Waals surface area contributed by atoms with Gasteiger partial charge in [-0.2, -0.15) is 5.10 Å². The standard InChI is InChI=1S/C15H18Br2ClN3/c1-3-13-15(18)14(21(4-2)20-13)8-12(19)9-5-10(16)7-11(17)6-9/h5-7,12H,3-4,8,19H2,1-2H3. The maximum atomic E-state index is 6.45. The number of nitrogens with two attached hydrogens (primary N) is 1. The second-order valence-corrected chi connectivity index (χ2v) is 7.10. The summed E-state index contributed by atoms with van der Waals surface area (Å²) < 4.78 is 3.96. The van der Waals surface area contributed by atoms with Crippen molar-refractivity contribution in [3.63, 3.8) is 0 Å². The molecule has 0 aliphatic heterocycles. The number of hydrogen-bond donors (Lipinski definition) is 1. The van der Waals surface area contributed by atoms with Crippen LogP contribution in [0.1, 0.15) is 36.8 Å². The molecule has 0 spiro atoms. The van der Waals surface area contributed by atoms with Crippen LogP contribution in [0.15, 0.2) is 27.1 Å². The third kappa shape index (κ3) is 3.89. The fraction of sp³-hybridized carbons (Fsp3) is 0.400. The Hall–Kier alpha value is -0.360. The van der Waals surface area contributed by atoms with Crippen LogP contribution in [-0.2, 0) is 19.4 Å². The summed E-state index contributed by atoms with van der Waals surface area (Å²) in [6.07, 6.45) is 1.50. The van der Waals surface area contributed by atoms with Gasteiger partial charge in [0, 0.05) is 28.0 Å². The molecule has 0 aliphatic carbocycles. The minimum absolute atomic E-state index is 0.122. The first-order valence-corrected chi connectivity index (χ1v) is 8.88. The molecule has 0 radical (unpaired) electrons. The molecule has 0 amide bonds. The number of nitrogens with zero attached hydrogens (tertiary/aromatic N) is 2. The van der Waals surface area contributed by atoms with Crippen LogP contribution in [-0.4, -0.2) is 9.78 Å². The average Bonchev–Trinajstić information content (AvgIpc) is 2.74. The van der Waals surface area contributed by atoms with Crippen LogP contribution < -0.4 is 5.73 Å². The molecule has 1 aromatic carbocycles. The van der Waals surface area contributed by atoms with Crippen molar-refractivity contribution in [3.05, 3.63) is 49.1 Å². The lowest BCUT2D eigenvalue weighted by Gasteiger charge is -2.14. The SMILES string of the molecule is CCc1nn(CC)c(CC(N)c2cc(Br)cc(Br)c2)c1Cl. The molecule has 21 heavy (non-hydrogen) atoms. The van der Waals surface area contributed by atoms with Gasteiger partial charge in [-0.05, 0) is 37.1 Å². The van der Waals surface area contributed by atoms with Crippen molar-refractivity contribution in [2.24, 2.45) is 5.73 Å². The minimum atomic E-state index is -0.122. The Morgan fingerprint density at radius 2 is 1.86 bits per heavy atom. The normalized spacial score (nSPS) is 12.7. The van der Waals surface area contributed by atoms with Crippen LogP contribution in [0.2, 0.25) is 5.02 Å². The first-order chi connectivity index (χ1) is 9.96. The van der Waals surface area contributed by atoms with E-state index < -0.39 is 0 Å². The van der Waals surface area contributed by atoms with Gasteiger partial charge >= 0.3 is 0 Å². The molecular formula is C15H18Br2ClN3. The summed E-state index contributed by atoms with van der Waals surface area (Å²) in [6.45, 7) is 4.92. The third-order valence-corrected chi connectivity index (χ3v) is 4.77. The Balaban J connectivity index is 2.30. The van der Waals surface area contributed by atoms with Gasteiger partial charge < -0.3 is 5.73 Å². The maximum Gasteiger partial charge on any atom is 0.0850 e. The summed E-state index contributed by atoms with van der Waals surface area (Å²) in [5.41, 5.74) is 9.39. The highest BCUT2D eigenvalue weighted by atomic mass is 79.9. The predicted octanol–water partition coefficient (Wildman–Crippen LogP) is 4.89. The molecule has 1 heterocycles. The van der Waals surface area contributed by atoms with Gasteiger partial charge in [0.1, 0.15) is 0 Å². The molecule has 0 saturated carbocycles. The summed E-state index contributed by atoms with van der Waals surface area (Å²) in [6, 6.07) is 5.95. The van der Waals surface area contributed by atoms with E-state index in [2.05, 4.69) is 50.8 Å². The highest BCUT2D eigenvalue weighted by Gasteiger charge is 2.18. The highest BCUT2D eigenvalue weighted by molar-refractivity contribution is 9.11. The van der Waals surface area contributed by atoms with E-state index in [1.165, 1.54) is 0 Å². The molecule has 2 aromatic rings. The lowest BCUT2D eigenvalue weighted by molar-refractivity contribution is 0.585. The topological polar surface area (TPSA) is 43.8 Å². The summed E-state index contributed by atoms with van der Waals surface area (Å²) in [4.78, 5) is 0. The number of benzene rings is 1. The molecule has 0 bridgehead atoms. The minimum Gasteiger partial charge on any atom is -0.324 e. The van der Waals surface area contributed by atoms with Gasteiger partial charge in [-0.1, -0.05) is 50.4 Å². The van der Waals surface area contributed by atoms with Gasteiger partial charge in [0.25, 0.3) is 0 Å². The van der Waals surface area contributed by atoms with Gasteiger partial charge in [0.05, 0.1) is 16.4 Å². The van der Waals surface area contributed by atoms with Crippen molar-refractivity contribution in [3.8, 4) is 0 Å². The number of hydrogen-bond acceptors (Lipinski definition) is 2. The quantitative estimate of drug-likeness (QED) is 0.727. The van der Waals surface area contributed by atoms with E-state index in [1.54, 1.807) is 0 Å². The zero-order chi connectivity index (χ0) is 15.6. The van der Waals surface area contributed by atoms with E-state index in [0.29, 0.717) is 6.42 Å². The zero-order valence-electron chi connectivity index (χ0n) is 12.0. The van der Waals surface area contributed by atoms with Gasteiger partial charge in [-0.3, -0.25) is 4.68 Å². The molecule has 0 fully saturated rings. The fourth-order valence-corrected chi connectivity index (χ4v) is 4.00. The van der Waals surface area contributed by atoms with E-state index in [4.69, 9.17) is 17.3 Å². The van der Waals surface area contributed by atoms with Crippen LogP contribution in [0.4, 0.5) is 0 Å². The number of aromatic nitrogens is 2. The Kier molecular flexibility index (Phi) is 5.88. The van der Waals surface area contributed by atoms with Crippen molar-refractivity contribution < 1.29 is 0 Å². The Bertz CT molecular complexity index is 620. The van der Waals surface area contributed by atoms with Crippen molar-refractivity contribution in [2.45, 2.75) is 39.3 Å². The Labute approximate surface area is 147 Å². The van der Waals surface area contributed by atoms with Crippen molar-refractivity contribution >= 4 is 43.5 Å². The molecule has 3 nitrogen and oxygen atoms in total. The second-order valence-electron chi connectivity index (χ2n) is 4.89. The van der Waals surface area contributed by atoms with Gasteiger partial charge in [-0.25, -0.2) is 0 Å². The molecular weight excluding hydrogens is 417 g/mol. The maximum absolute atomic E-state index is 6.45. The van der Waals surface area contributed by atoms with E-state index in [1.807, 2.05) is 22.9 Å². The van der Waals surface area contributed by atoms with E-state index in [-0.39, 0.29) is 6.04 Å². The van der Waals surface area contributed by atoms with Crippen LogP contribution in [0.25, 0.3) is 0 Å². The van der Waals surface area contributed by atoms with E-state index in [0.717, 1.165) is 43.9 Å². The Morgan fingerprint density at radius 1 is 1.24 bits per heavy atom. The van der Waals surface area contributed by atoms with E-state index in [9.17, 15) is 0 Å². The lowest BCUT2D eigenvalue weighted by Crippen LogP contribution is -2.16. The van der Waals surface area contributed by atoms with Gasteiger partial charge in [0.2, 0.25) is 0 Å². The molecule has 114 valence electrons. The second kappa shape index (κ2) is 7.27. The molecule has 0 saturated heterocycles. The first kappa shape index (κ1) is 17.0. The number of rotatable bonds is 5. The zero-order valence-corrected chi connectivity index (χ0v) is 16.0. The monoisotopic (exact) mass is 433 g/mol. The van der Waals surface area contributed by atoms with Gasteiger partial charge in [-0.15, -0.1) is 0 Å². The molecule has 1 atom stereocenters. The summed E-state index contributed by atoms with van der Waals surface area (Å²) >= 11 is 13.4. The van der Waals surface area contributed by atoms with Crippen molar-refractivity contribution in [1.82, 2.24) is 9.78 Å². The van der Waals surface area contributed by atoms with Crippen molar-refractivity contribution in [2.75, 3.05) is 0 Å². The third-order valence-electron chi connectivity index (χ3n) is 3.42. The first-order valence-electron chi connectivity index (χ1n) is 6.91. The Morgan fingerprint density at radius 3 is 2.38 bits per heavy atom. The summed E-state index contributed by atoms with van der Waals surface area (Å²) in [7, 11) is 0. The molecule has 2 N–H and O–H groups in total. The van der Waals surface area contributed by atoms with Crippen LogP contribution in [0, 0.1) is 0 Å². The van der Waals surface area contributed by atoms with Crippen LogP contribution in [0.5, 0.6) is 0 Å². The predicted molar refractivity (Wildman–Crippen MR) is 94.8 cm³/mol. The van der Waals surface area contributed by atoms with Crippen molar-refractivity contribution in [1.29, 1.82) is 0 Å². The fourth-order valence-electron chi connectivity index (χ4n) is 2.33. The smallest absolute Gasteiger partial charge is 0.0850 e. The number of halogens is 3. The number of aryl methyl sites for hydroxylation is 2.